The van der Waals surface area contributed by atoms with Crippen LogP contribution in [0.5, 0.6) is 11.5 Å². The molecule has 1 N–H and O–H groups in total. The Labute approximate surface area is 242 Å². The molecule has 1 amide bonds. The van der Waals surface area contributed by atoms with E-state index in [4.69, 9.17) is 14.2 Å². The third-order valence-corrected chi connectivity index (χ3v) is 9.36. The highest BCUT2D eigenvalue weighted by atomic mass is 32.2. The normalized spacial score (nSPS) is 21.2. The summed E-state index contributed by atoms with van der Waals surface area (Å²) >= 11 is 0. The zero-order valence-electron chi connectivity index (χ0n) is 23.9. The minimum atomic E-state index is -3.86. The van der Waals surface area contributed by atoms with Gasteiger partial charge in [0.2, 0.25) is 0 Å². The standard InChI is InChI=1S/C31H37N3O6S/c1-21-14-15-22(2)26(17-21)31(35)33-19-29(39-4)30(20-33)40-24-10-7-9-23(18-24)32-41(36,37)34-16-8-12-27(34)25-11-5-6-13-28(25)38-3/h5-7,9-11,13-15,17-18,27,29-30,32H,8,12,16,19-20H2,1-4H3. The Bertz CT molecular complexity index is 1510. The van der Waals surface area contributed by atoms with Gasteiger partial charge in [-0.2, -0.15) is 12.7 Å². The molecule has 0 aromatic heterocycles. The van der Waals surface area contributed by atoms with Crippen LogP contribution in [0.1, 0.15) is 45.9 Å². The van der Waals surface area contributed by atoms with Gasteiger partial charge in [0.25, 0.3) is 5.91 Å². The van der Waals surface area contributed by atoms with Crippen molar-refractivity contribution in [2.75, 3.05) is 38.6 Å². The van der Waals surface area contributed by atoms with Gasteiger partial charge in [0.1, 0.15) is 23.7 Å². The highest BCUT2D eigenvalue weighted by Crippen LogP contribution is 2.39. The van der Waals surface area contributed by atoms with Crippen molar-refractivity contribution in [3.63, 3.8) is 0 Å². The number of nitrogens with one attached hydrogen (secondary N) is 1. The number of carbonyl (C=O) groups is 1. The van der Waals surface area contributed by atoms with Crippen molar-refractivity contribution < 1.29 is 27.4 Å². The smallest absolute Gasteiger partial charge is 0.302 e. The maximum absolute atomic E-state index is 13.5. The lowest BCUT2D eigenvalue weighted by atomic mass is 10.0. The van der Waals surface area contributed by atoms with Crippen LogP contribution in [0.25, 0.3) is 0 Å². The second-order valence-electron chi connectivity index (χ2n) is 10.6. The molecule has 0 saturated carbocycles. The first kappa shape index (κ1) is 28.9. The summed E-state index contributed by atoms with van der Waals surface area (Å²) in [6, 6.07) is 19.9. The number of para-hydroxylation sites is 1. The molecule has 41 heavy (non-hydrogen) atoms. The van der Waals surface area contributed by atoms with Crippen molar-refractivity contribution in [2.45, 2.75) is 44.9 Å². The van der Waals surface area contributed by atoms with Gasteiger partial charge in [0.15, 0.2) is 0 Å². The van der Waals surface area contributed by atoms with Gasteiger partial charge in [0.05, 0.1) is 31.9 Å². The van der Waals surface area contributed by atoms with Crippen LogP contribution in [-0.2, 0) is 14.9 Å². The summed E-state index contributed by atoms with van der Waals surface area (Å²) in [5, 5.41) is 0. The minimum Gasteiger partial charge on any atom is -0.496 e. The van der Waals surface area contributed by atoms with Crippen molar-refractivity contribution in [3.05, 3.63) is 89.0 Å². The van der Waals surface area contributed by atoms with Crippen molar-refractivity contribution in [1.82, 2.24) is 9.21 Å². The van der Waals surface area contributed by atoms with Crippen LogP contribution >= 0.6 is 0 Å². The Morgan fingerprint density at radius 1 is 0.951 bits per heavy atom. The number of carbonyl (C=O) groups excluding carboxylic acids is 1. The first-order valence-corrected chi connectivity index (χ1v) is 15.2. The molecule has 0 aliphatic carbocycles. The van der Waals surface area contributed by atoms with Gasteiger partial charge < -0.3 is 19.1 Å². The van der Waals surface area contributed by atoms with Crippen molar-refractivity contribution in [1.29, 1.82) is 0 Å². The molecule has 9 nitrogen and oxygen atoms in total. The first-order valence-electron chi connectivity index (χ1n) is 13.8. The van der Waals surface area contributed by atoms with Crippen LogP contribution < -0.4 is 14.2 Å². The number of hydrogen-bond acceptors (Lipinski definition) is 6. The van der Waals surface area contributed by atoms with Crippen LogP contribution in [0.15, 0.2) is 66.7 Å². The van der Waals surface area contributed by atoms with Crippen LogP contribution in [0, 0.1) is 13.8 Å². The van der Waals surface area contributed by atoms with Gasteiger partial charge in [-0.1, -0.05) is 42.0 Å². The molecule has 3 unspecified atom stereocenters. The Kier molecular flexibility index (Phi) is 8.53. The molecule has 3 atom stereocenters. The highest BCUT2D eigenvalue weighted by Gasteiger charge is 2.39. The Morgan fingerprint density at radius 3 is 2.51 bits per heavy atom. The van der Waals surface area contributed by atoms with Crippen molar-refractivity contribution >= 4 is 21.8 Å². The summed E-state index contributed by atoms with van der Waals surface area (Å²) in [6.45, 7) is 5.07. The number of rotatable bonds is 9. The van der Waals surface area contributed by atoms with E-state index in [0.29, 0.717) is 48.8 Å². The predicted octanol–water partition coefficient (Wildman–Crippen LogP) is 4.72. The fourth-order valence-corrected chi connectivity index (χ4v) is 7.15. The number of ether oxygens (including phenoxy) is 3. The number of hydrogen-bond donors (Lipinski definition) is 1. The first-order chi connectivity index (χ1) is 19.7. The molecule has 2 heterocycles. The largest absolute Gasteiger partial charge is 0.496 e. The summed E-state index contributed by atoms with van der Waals surface area (Å²) in [6.07, 6.45) is 0.733. The van der Waals surface area contributed by atoms with E-state index in [1.807, 2.05) is 56.3 Å². The fourth-order valence-electron chi connectivity index (χ4n) is 5.68. The Balaban J connectivity index is 1.29. The number of anilines is 1. The molecule has 10 heteroatoms. The number of aryl methyl sites for hydroxylation is 2. The van der Waals surface area contributed by atoms with Gasteiger partial charge in [0, 0.05) is 30.8 Å². The quantitative estimate of drug-likeness (QED) is 0.394. The minimum absolute atomic E-state index is 0.0592. The molecule has 2 saturated heterocycles. The van der Waals surface area contributed by atoms with E-state index in [9.17, 15) is 13.2 Å². The molecule has 5 rings (SSSR count). The van der Waals surface area contributed by atoms with Gasteiger partial charge in [-0.05, 0) is 56.5 Å². The van der Waals surface area contributed by atoms with Gasteiger partial charge in [-0.25, -0.2) is 0 Å². The van der Waals surface area contributed by atoms with Crippen LogP contribution in [0.3, 0.4) is 0 Å². The molecule has 3 aromatic carbocycles. The molecule has 0 radical (unpaired) electrons. The molecule has 3 aromatic rings. The van der Waals surface area contributed by atoms with E-state index < -0.39 is 16.3 Å². The zero-order valence-corrected chi connectivity index (χ0v) is 24.7. The summed E-state index contributed by atoms with van der Waals surface area (Å²) < 4.78 is 48.7. The third-order valence-electron chi connectivity index (χ3n) is 7.81. The summed E-state index contributed by atoms with van der Waals surface area (Å²) in [7, 11) is -0.665. The summed E-state index contributed by atoms with van der Waals surface area (Å²) in [5.74, 6) is 1.10. The molecule has 0 spiro atoms. The molecule has 0 bridgehead atoms. The molecular weight excluding hydrogens is 542 g/mol. The Morgan fingerprint density at radius 2 is 1.73 bits per heavy atom. The highest BCUT2D eigenvalue weighted by molar-refractivity contribution is 7.90. The monoisotopic (exact) mass is 579 g/mol. The SMILES string of the molecule is COc1ccccc1C1CCCN1S(=O)(=O)Nc1cccc(OC2CN(C(=O)c3cc(C)ccc3C)CC2OC)c1. The number of methoxy groups -OCH3 is 2. The average Bonchev–Trinajstić information content (AvgIpc) is 3.62. The maximum Gasteiger partial charge on any atom is 0.302 e. The number of likely N-dealkylation sites (tertiary alicyclic amines) is 1. The zero-order chi connectivity index (χ0) is 29.1. The molecular formula is C31H37N3O6S. The van der Waals surface area contributed by atoms with E-state index in [-0.39, 0.29) is 18.1 Å². The van der Waals surface area contributed by atoms with E-state index in [2.05, 4.69) is 4.72 Å². The van der Waals surface area contributed by atoms with Crippen LogP contribution in [0.4, 0.5) is 5.69 Å². The van der Waals surface area contributed by atoms with Gasteiger partial charge in [-0.3, -0.25) is 9.52 Å². The van der Waals surface area contributed by atoms with Gasteiger partial charge >= 0.3 is 10.2 Å². The van der Waals surface area contributed by atoms with E-state index in [1.54, 1.807) is 43.4 Å². The van der Waals surface area contributed by atoms with Crippen LogP contribution in [0.2, 0.25) is 0 Å². The molecule has 2 aliphatic heterocycles. The Hall–Kier alpha value is -3.60. The third kappa shape index (κ3) is 6.19. The summed E-state index contributed by atoms with van der Waals surface area (Å²) in [4.78, 5) is 15.1. The molecule has 218 valence electrons. The van der Waals surface area contributed by atoms with Crippen LogP contribution in [-0.4, -0.2) is 69.6 Å². The number of benzene rings is 3. The topological polar surface area (TPSA) is 97.4 Å². The molecule has 2 aliphatic rings. The van der Waals surface area contributed by atoms with Crippen molar-refractivity contribution in [3.8, 4) is 11.5 Å². The second-order valence-corrected chi connectivity index (χ2v) is 12.2. The second kappa shape index (κ2) is 12.1. The number of nitrogens with zero attached hydrogens (tertiary/aromatic N) is 2. The van der Waals surface area contributed by atoms with Crippen molar-refractivity contribution in [2.24, 2.45) is 0 Å². The predicted molar refractivity (Wildman–Crippen MR) is 158 cm³/mol. The van der Waals surface area contributed by atoms with E-state index >= 15 is 0 Å². The summed E-state index contributed by atoms with van der Waals surface area (Å²) in [5.41, 5.74) is 3.86. The van der Waals surface area contributed by atoms with Gasteiger partial charge in [-0.15, -0.1) is 0 Å². The number of amides is 1. The van der Waals surface area contributed by atoms with E-state index in [1.165, 1.54) is 4.31 Å². The average molecular weight is 580 g/mol. The lowest BCUT2D eigenvalue weighted by Crippen LogP contribution is -2.35. The maximum atomic E-state index is 13.5. The van der Waals surface area contributed by atoms with E-state index in [0.717, 1.165) is 23.1 Å². The molecule has 2 fully saturated rings. The fraction of sp³-hybridized carbons (Fsp3) is 0.387. The lowest BCUT2D eigenvalue weighted by molar-refractivity contribution is 0.0340. The lowest BCUT2D eigenvalue weighted by Gasteiger charge is -2.26.